The summed E-state index contributed by atoms with van der Waals surface area (Å²) in [5.74, 6) is -0.537. The normalized spacial score (nSPS) is 23.6. The van der Waals surface area contributed by atoms with Crippen LogP contribution in [-0.4, -0.2) is 301 Å². The predicted octanol–water partition coefficient (Wildman–Crippen LogP) is 10.2. The van der Waals surface area contributed by atoms with Gasteiger partial charge in [-0.25, -0.2) is 42.3 Å². The number of aliphatic hydroxyl groups is 3. The molecule has 26 nitrogen and oxygen atoms in total. The number of carbonyl (C=O) groups excluding carboxylic acids is 7. The van der Waals surface area contributed by atoms with Crippen LogP contribution in [0.25, 0.3) is 0 Å². The number of carbonyl (C=O) groups is 7. The highest BCUT2D eigenvalue weighted by atomic mass is 19.1. The van der Waals surface area contributed by atoms with Crippen LogP contribution in [0, 0.1) is 0 Å². The first-order valence-electron chi connectivity index (χ1n) is 35.5. The van der Waals surface area contributed by atoms with Crippen molar-refractivity contribution >= 4 is 42.5 Å². The Morgan fingerprint density at radius 2 is 0.824 bits per heavy atom. The molecule has 2 aromatic rings. The number of nitrogens with zero attached hydrogens (tertiary/aromatic N) is 9. The van der Waals surface area contributed by atoms with E-state index in [9.17, 15) is 57.7 Å². The summed E-state index contributed by atoms with van der Waals surface area (Å²) >= 11 is 0. The van der Waals surface area contributed by atoms with E-state index in [2.05, 4.69) is 9.64 Å². The maximum Gasteiger partial charge on any atom is 0.410 e. The lowest BCUT2D eigenvalue weighted by molar-refractivity contribution is -0.149. The summed E-state index contributed by atoms with van der Waals surface area (Å²) in [5.41, 5.74) is -0.252. The van der Waals surface area contributed by atoms with E-state index < -0.39 is 71.0 Å². The van der Waals surface area contributed by atoms with E-state index in [0.717, 1.165) is 56.4 Å². The molecule has 0 saturated carbocycles. The van der Waals surface area contributed by atoms with Crippen molar-refractivity contribution in [3.05, 3.63) is 71.8 Å². The maximum absolute atomic E-state index is 13.7. The fourth-order valence-corrected chi connectivity index (χ4v) is 11.9. The fourth-order valence-electron chi connectivity index (χ4n) is 11.9. The standard InChI is InChI=1S/C20H30N2O5.C15H19NO5.2C13H25FN2O2.C13H26N2O3/c1-20(2,3)27-18(24)21(4)16-10-11-22(17(12-16)13-23)19(25)26-14-15-8-6-5-7-9-15;1-20-14(18)13-9-12(17)7-8-16(13)15(19)21-10-11-5-3-2-4-6-11;1-13(2,3)18-12(17)16(5)11-6-7-15(4)9-10(14)8-11;1-13(2,3)18-12(17)16(5)10-6-7-15(4)11(8-10)9-14;1-13(2,3)18-12(17)15(5)10-6-7-14(4)11(8-10)9-16/h5-9,16-17,23H,10-14H2,1-4H3;2-6,12-13,17H,7-10H2,1H3;2*10-11H,6-9H2,1-5H3;10-11,16H,6-9H2,1-5H3. The van der Waals surface area contributed by atoms with Crippen molar-refractivity contribution in [2.45, 2.75) is 244 Å². The van der Waals surface area contributed by atoms with E-state index in [4.69, 9.17) is 28.4 Å². The average molecular weight is 1450 g/mol. The highest BCUT2D eigenvalue weighted by Gasteiger charge is 2.40. The summed E-state index contributed by atoms with van der Waals surface area (Å²) in [6.07, 6.45) is 2.22. The molecule has 10 atom stereocenters. The van der Waals surface area contributed by atoms with Gasteiger partial charge in [-0.05, 0) is 173 Å². The maximum atomic E-state index is 13.7. The van der Waals surface area contributed by atoms with Crippen molar-refractivity contribution in [3.63, 3.8) is 0 Å². The number of aliphatic hydroxyl groups excluding tert-OH is 3. The molecule has 5 aliphatic rings. The highest BCUT2D eigenvalue weighted by Crippen LogP contribution is 2.28. The third kappa shape index (κ3) is 32.4. The molecule has 102 heavy (non-hydrogen) atoms. The Labute approximate surface area is 606 Å². The van der Waals surface area contributed by atoms with Crippen molar-refractivity contribution in [2.75, 3.05) is 116 Å². The zero-order chi connectivity index (χ0) is 77.0. The molecule has 28 heteroatoms. The molecular weight excluding hydrogens is 1320 g/mol. The van der Waals surface area contributed by atoms with Gasteiger partial charge in [0.25, 0.3) is 0 Å². The number of piperidine rings is 4. The Bertz CT molecular complexity index is 2790. The summed E-state index contributed by atoms with van der Waals surface area (Å²) in [6, 6.07) is 17.6. The number of methoxy groups -OCH3 is 1. The third-order valence-corrected chi connectivity index (χ3v) is 18.0. The second-order valence-electron chi connectivity index (χ2n) is 31.1. The van der Waals surface area contributed by atoms with Crippen LogP contribution in [-0.2, 0) is 51.2 Å². The van der Waals surface area contributed by atoms with Crippen molar-refractivity contribution in [3.8, 4) is 0 Å². The largest absolute Gasteiger partial charge is 0.467 e. The smallest absolute Gasteiger partial charge is 0.410 e. The van der Waals surface area contributed by atoms with Gasteiger partial charge in [0.1, 0.15) is 54.5 Å². The number of benzene rings is 2. The van der Waals surface area contributed by atoms with Crippen LogP contribution in [0.4, 0.5) is 37.5 Å². The van der Waals surface area contributed by atoms with Crippen LogP contribution >= 0.6 is 0 Å². The lowest BCUT2D eigenvalue weighted by Gasteiger charge is -2.41. The number of alkyl halides is 2. The molecule has 5 aliphatic heterocycles. The minimum Gasteiger partial charge on any atom is -0.467 e. The Morgan fingerprint density at radius 1 is 0.480 bits per heavy atom. The molecule has 5 saturated heterocycles. The summed E-state index contributed by atoms with van der Waals surface area (Å²) in [4.78, 5) is 99.7. The molecule has 10 unspecified atom stereocenters. The van der Waals surface area contributed by atoms with E-state index in [1.807, 2.05) is 175 Å². The van der Waals surface area contributed by atoms with Gasteiger partial charge in [-0.2, -0.15) is 0 Å². The Kier molecular flexibility index (Phi) is 37.0. The molecule has 582 valence electrons. The number of rotatable bonds is 12. The lowest BCUT2D eigenvalue weighted by atomic mass is 9.97. The molecule has 6 amide bonds. The van der Waals surface area contributed by atoms with Crippen molar-refractivity contribution < 1.29 is 90.8 Å². The van der Waals surface area contributed by atoms with Crippen molar-refractivity contribution in [1.29, 1.82) is 0 Å². The zero-order valence-electron chi connectivity index (χ0n) is 64.7. The molecule has 3 N–H and O–H groups in total. The molecule has 2 aromatic carbocycles. The molecule has 0 spiro atoms. The molecule has 7 rings (SSSR count). The Morgan fingerprint density at radius 3 is 1.21 bits per heavy atom. The van der Waals surface area contributed by atoms with Gasteiger partial charge in [0.05, 0.1) is 32.5 Å². The number of hydrogen-bond donors (Lipinski definition) is 3. The van der Waals surface area contributed by atoms with Crippen molar-refractivity contribution in [2.24, 2.45) is 0 Å². The number of amides is 6. The monoisotopic (exact) mass is 1450 g/mol. The van der Waals surface area contributed by atoms with E-state index in [1.165, 1.54) is 16.9 Å². The van der Waals surface area contributed by atoms with Gasteiger partial charge in [0.2, 0.25) is 0 Å². The molecule has 5 heterocycles. The summed E-state index contributed by atoms with van der Waals surface area (Å²) < 4.78 is 63.2. The summed E-state index contributed by atoms with van der Waals surface area (Å²) in [5, 5.41) is 28.7. The van der Waals surface area contributed by atoms with Crippen LogP contribution < -0.4 is 0 Å². The quantitative estimate of drug-likeness (QED) is 0.132. The van der Waals surface area contributed by atoms with Gasteiger partial charge in [0.15, 0.2) is 0 Å². The molecule has 0 bridgehead atoms. The number of hydrogen-bond acceptors (Lipinski definition) is 20. The van der Waals surface area contributed by atoms with Gasteiger partial charge in [-0.15, -0.1) is 0 Å². The Balaban J connectivity index is 0.000000335. The number of ether oxygens (including phenoxy) is 7. The first kappa shape index (κ1) is 89.4. The van der Waals surface area contributed by atoms with Gasteiger partial charge < -0.3 is 87.7 Å². The molecule has 0 aromatic heterocycles. The number of likely N-dealkylation sites (N-methyl/N-ethyl adjacent to an activating group) is 1. The molecule has 5 fully saturated rings. The second-order valence-corrected chi connectivity index (χ2v) is 31.1. The van der Waals surface area contributed by atoms with Crippen LogP contribution in [0.2, 0.25) is 0 Å². The van der Waals surface area contributed by atoms with E-state index in [1.54, 1.807) is 47.8 Å². The topological polar surface area (TPSA) is 274 Å². The summed E-state index contributed by atoms with van der Waals surface area (Å²) in [7, 11) is 14.0. The zero-order valence-corrected chi connectivity index (χ0v) is 64.7. The summed E-state index contributed by atoms with van der Waals surface area (Å²) in [6.45, 7) is 25.6. The van der Waals surface area contributed by atoms with Gasteiger partial charge >= 0.3 is 42.5 Å². The van der Waals surface area contributed by atoms with E-state index in [-0.39, 0.29) is 101 Å². The van der Waals surface area contributed by atoms with Crippen LogP contribution in [0.15, 0.2) is 60.7 Å². The molecule has 0 aliphatic carbocycles. The van der Waals surface area contributed by atoms with Crippen LogP contribution in [0.5, 0.6) is 0 Å². The van der Waals surface area contributed by atoms with Crippen molar-refractivity contribution in [1.82, 2.24) is 44.1 Å². The molecule has 0 radical (unpaired) electrons. The minimum atomic E-state index is -0.882. The van der Waals surface area contributed by atoms with Gasteiger partial charge in [-0.1, -0.05) is 60.7 Å². The first-order valence-corrected chi connectivity index (χ1v) is 35.5. The average Bonchev–Trinajstić information content (AvgIpc) is 0.979. The van der Waals surface area contributed by atoms with Crippen LogP contribution in [0.1, 0.15) is 158 Å². The van der Waals surface area contributed by atoms with Gasteiger partial charge in [0, 0.05) is 110 Å². The third-order valence-electron chi connectivity index (χ3n) is 18.0. The van der Waals surface area contributed by atoms with Crippen LogP contribution in [0.3, 0.4) is 0 Å². The minimum absolute atomic E-state index is 0.0665. The highest BCUT2D eigenvalue weighted by molar-refractivity contribution is 5.81. The predicted molar refractivity (Wildman–Crippen MR) is 385 cm³/mol. The lowest BCUT2D eigenvalue weighted by Crippen LogP contribution is -2.54. The second kappa shape index (κ2) is 42.2. The van der Waals surface area contributed by atoms with E-state index in [0.29, 0.717) is 45.2 Å². The number of likely N-dealkylation sites (tertiary alicyclic amines) is 5. The molecular formula is C74H125F2N9O17. The number of esters is 1. The SMILES string of the molecule is CN(C(=O)OC(C)(C)C)C1CCN(C(=O)OCc2ccccc2)C(CO)C1.CN1CCC(N(C)C(=O)OC(C)(C)C)CC(F)C1.CN1CCC(N(C)C(=O)OC(C)(C)C)CC1CF.CN1CCC(N(C)C(=O)OC(C)(C)C)CC1CO.COC(=O)C1CC(O)CCN1C(=O)OCc1ccccc1. The Hall–Kier alpha value is -6.85. The first-order chi connectivity index (χ1) is 47.5. The number of halogens is 2. The fraction of sp³-hybridized carbons (Fsp3) is 0.743. The van der Waals surface area contributed by atoms with E-state index >= 15 is 0 Å². The van der Waals surface area contributed by atoms with Gasteiger partial charge in [-0.3, -0.25) is 4.90 Å².